The summed E-state index contributed by atoms with van der Waals surface area (Å²) >= 11 is 0. The molecule has 5 nitrogen and oxygen atoms in total. The molecule has 2 heterocycles. The van der Waals surface area contributed by atoms with Gasteiger partial charge in [0.15, 0.2) is 0 Å². The first-order valence-electron chi connectivity index (χ1n) is 10.3. The Morgan fingerprint density at radius 1 is 0.939 bits per heavy atom. The van der Waals surface area contributed by atoms with Gasteiger partial charge in [0.1, 0.15) is 17.3 Å². The molecule has 0 bridgehead atoms. The van der Waals surface area contributed by atoms with Crippen LogP contribution in [0.25, 0.3) is 16.8 Å². The maximum absolute atomic E-state index is 14.5. The minimum atomic E-state index is -1.30. The molecular weight excluding hydrogens is 444 g/mol. The third-order valence-electron chi connectivity index (χ3n) is 5.68. The van der Waals surface area contributed by atoms with Crippen LogP contribution in [0.4, 0.5) is 8.78 Å². The monoisotopic (exact) mass is 463 g/mol. The fraction of sp³-hybridized carbons (Fsp3) is 0.120. The van der Waals surface area contributed by atoms with Crippen molar-refractivity contribution in [3.63, 3.8) is 0 Å². The predicted molar refractivity (Wildman–Crippen MR) is 121 cm³/mol. The largest absolute Gasteiger partial charge is 0.328 e. The zero-order valence-electron chi connectivity index (χ0n) is 17.7. The second-order valence-electron chi connectivity index (χ2n) is 7.80. The van der Waals surface area contributed by atoms with E-state index in [9.17, 15) is 17.8 Å². The first-order chi connectivity index (χ1) is 15.9. The first kappa shape index (κ1) is 21.2. The third kappa shape index (κ3) is 3.87. The molecule has 1 amide bonds. The lowest BCUT2D eigenvalue weighted by molar-refractivity contribution is 0.0749. The van der Waals surface area contributed by atoms with Crippen LogP contribution < -0.4 is 0 Å². The molecule has 0 radical (unpaired) electrons. The lowest BCUT2D eigenvalue weighted by atomic mass is 9.98. The number of benzene rings is 3. The van der Waals surface area contributed by atoms with E-state index in [1.54, 1.807) is 65.7 Å². The second-order valence-corrected chi connectivity index (χ2v) is 9.18. The maximum atomic E-state index is 14.5. The van der Waals surface area contributed by atoms with Crippen LogP contribution >= 0.6 is 0 Å². The number of rotatable bonds is 4. The Labute approximate surface area is 191 Å². The Morgan fingerprint density at radius 3 is 2.36 bits per heavy atom. The van der Waals surface area contributed by atoms with Crippen LogP contribution in [-0.4, -0.2) is 31.1 Å². The molecule has 1 atom stereocenters. The van der Waals surface area contributed by atoms with Crippen molar-refractivity contribution in [3.8, 4) is 16.8 Å². The smallest absolute Gasteiger partial charge is 0.255 e. The van der Waals surface area contributed by atoms with Crippen molar-refractivity contribution in [2.24, 2.45) is 0 Å². The summed E-state index contributed by atoms with van der Waals surface area (Å²) in [6.07, 6.45) is 3.25. The van der Waals surface area contributed by atoms with Crippen LogP contribution in [0.5, 0.6) is 0 Å². The van der Waals surface area contributed by atoms with E-state index in [4.69, 9.17) is 0 Å². The molecule has 1 aliphatic rings. The molecule has 1 unspecified atom stereocenters. The number of fused-ring (bicyclic) bond motifs is 1. The highest BCUT2D eigenvalue weighted by Gasteiger charge is 2.29. The van der Waals surface area contributed by atoms with Crippen molar-refractivity contribution in [2.45, 2.75) is 18.0 Å². The normalized spacial score (nSPS) is 13.7. The number of aromatic nitrogens is 2. The number of carbonyl (C=O) groups excluding carboxylic acids is 1. The molecule has 1 aliphatic heterocycles. The summed E-state index contributed by atoms with van der Waals surface area (Å²) in [5.74, 6) is -1.13. The van der Waals surface area contributed by atoms with E-state index < -0.39 is 16.6 Å². The molecule has 0 N–H and O–H groups in total. The van der Waals surface area contributed by atoms with Crippen molar-refractivity contribution >= 4 is 16.7 Å². The molecule has 8 heteroatoms. The summed E-state index contributed by atoms with van der Waals surface area (Å²) in [5.41, 5.74) is 2.84. The molecule has 0 fully saturated rings. The first-order valence-corrected chi connectivity index (χ1v) is 11.8. The highest BCUT2D eigenvalue weighted by molar-refractivity contribution is 7.84. The molecule has 5 rings (SSSR count). The zero-order valence-corrected chi connectivity index (χ0v) is 18.5. The number of halogens is 2. The molecule has 0 spiro atoms. The van der Waals surface area contributed by atoms with Gasteiger partial charge in [0.25, 0.3) is 5.91 Å². The van der Waals surface area contributed by atoms with Crippen LogP contribution in [-0.2, 0) is 23.9 Å². The summed E-state index contributed by atoms with van der Waals surface area (Å²) in [6, 6.07) is 17.4. The van der Waals surface area contributed by atoms with Crippen molar-refractivity contribution in [1.29, 1.82) is 0 Å². The van der Waals surface area contributed by atoms with E-state index in [0.29, 0.717) is 33.9 Å². The van der Waals surface area contributed by atoms with Gasteiger partial charge in [-0.25, -0.2) is 13.5 Å². The SMILES string of the molecule is CS(=O)c1ccc(-c2ccccc2F)c(C(=O)N2Cc3cn(-c4ccccc4F)nc3C2)c1. The average molecular weight is 464 g/mol. The quantitative estimate of drug-likeness (QED) is 0.441. The van der Waals surface area contributed by atoms with Crippen LogP contribution in [0.15, 0.2) is 77.8 Å². The van der Waals surface area contributed by atoms with Gasteiger partial charge in [-0.3, -0.25) is 9.00 Å². The molecule has 0 saturated heterocycles. The summed E-state index contributed by atoms with van der Waals surface area (Å²) in [5, 5.41) is 4.46. The number of hydrogen-bond acceptors (Lipinski definition) is 3. The number of amides is 1. The third-order valence-corrected chi connectivity index (χ3v) is 6.60. The fourth-order valence-corrected chi connectivity index (χ4v) is 4.56. The average Bonchev–Trinajstić information content (AvgIpc) is 3.38. The van der Waals surface area contributed by atoms with E-state index in [1.807, 2.05) is 0 Å². The highest BCUT2D eigenvalue weighted by Crippen LogP contribution is 2.32. The van der Waals surface area contributed by atoms with Gasteiger partial charge in [-0.2, -0.15) is 5.10 Å². The van der Waals surface area contributed by atoms with Gasteiger partial charge in [0.05, 0.1) is 12.2 Å². The van der Waals surface area contributed by atoms with Crippen molar-refractivity contribution < 1.29 is 17.8 Å². The summed E-state index contributed by atoms with van der Waals surface area (Å²) in [6.45, 7) is 0.532. The van der Waals surface area contributed by atoms with E-state index >= 15 is 0 Å². The van der Waals surface area contributed by atoms with Crippen molar-refractivity contribution in [2.75, 3.05) is 6.26 Å². The van der Waals surface area contributed by atoms with E-state index in [2.05, 4.69) is 5.10 Å². The Balaban J connectivity index is 1.48. The van der Waals surface area contributed by atoms with Gasteiger partial charge < -0.3 is 4.90 Å². The molecular formula is C25H19F2N3O2S. The van der Waals surface area contributed by atoms with Gasteiger partial charge in [-0.15, -0.1) is 0 Å². The molecule has 1 aromatic heterocycles. The number of carbonyl (C=O) groups is 1. The van der Waals surface area contributed by atoms with Crippen LogP contribution in [0.1, 0.15) is 21.6 Å². The number of para-hydroxylation sites is 1. The fourth-order valence-electron chi connectivity index (χ4n) is 4.02. The van der Waals surface area contributed by atoms with Crippen molar-refractivity contribution in [3.05, 3.63) is 101 Å². The maximum Gasteiger partial charge on any atom is 0.255 e. The topological polar surface area (TPSA) is 55.2 Å². The Morgan fingerprint density at radius 2 is 1.67 bits per heavy atom. The van der Waals surface area contributed by atoms with E-state index in [-0.39, 0.29) is 23.8 Å². The summed E-state index contributed by atoms with van der Waals surface area (Å²) < 4.78 is 42.2. The van der Waals surface area contributed by atoms with Gasteiger partial charge >= 0.3 is 0 Å². The molecule has 166 valence electrons. The zero-order chi connectivity index (χ0) is 23.1. The molecule has 33 heavy (non-hydrogen) atoms. The van der Waals surface area contributed by atoms with Crippen molar-refractivity contribution in [1.82, 2.24) is 14.7 Å². The van der Waals surface area contributed by atoms with E-state index in [1.165, 1.54) is 23.1 Å². The van der Waals surface area contributed by atoms with Crippen LogP contribution in [0, 0.1) is 11.6 Å². The molecule has 3 aromatic carbocycles. The van der Waals surface area contributed by atoms with Crippen LogP contribution in [0.3, 0.4) is 0 Å². The Bertz CT molecular complexity index is 1390. The van der Waals surface area contributed by atoms with Gasteiger partial charge in [-0.05, 0) is 35.9 Å². The highest BCUT2D eigenvalue weighted by atomic mass is 32.2. The van der Waals surface area contributed by atoms with Gasteiger partial charge in [0.2, 0.25) is 0 Å². The van der Waals surface area contributed by atoms with Gasteiger partial charge in [0, 0.05) is 51.4 Å². The molecule has 0 saturated carbocycles. The number of hydrogen-bond donors (Lipinski definition) is 0. The van der Waals surface area contributed by atoms with Gasteiger partial charge in [-0.1, -0.05) is 36.4 Å². The molecule has 0 aliphatic carbocycles. The van der Waals surface area contributed by atoms with E-state index in [0.717, 1.165) is 5.56 Å². The number of nitrogens with zero attached hydrogens (tertiary/aromatic N) is 3. The lowest BCUT2D eigenvalue weighted by Crippen LogP contribution is -2.26. The predicted octanol–water partition coefficient (Wildman–Crippen LogP) is 4.71. The Kier molecular flexibility index (Phi) is 5.38. The summed E-state index contributed by atoms with van der Waals surface area (Å²) in [4.78, 5) is 15.6. The Hall–Kier alpha value is -3.65. The standard InChI is InChI=1S/C25H19F2N3O2S/c1-33(32)17-10-11-18(19-6-2-3-7-21(19)26)20(12-17)25(31)29-13-16-14-30(28-23(16)15-29)24-9-5-4-8-22(24)27/h2-12,14H,13,15H2,1H3. The minimum absolute atomic E-state index is 0.242. The lowest BCUT2D eigenvalue weighted by Gasteiger charge is -2.19. The van der Waals surface area contributed by atoms with Crippen LogP contribution in [0.2, 0.25) is 0 Å². The second kappa shape index (κ2) is 8.37. The minimum Gasteiger partial charge on any atom is -0.328 e. The summed E-state index contributed by atoms with van der Waals surface area (Å²) in [7, 11) is -1.30. The molecule has 4 aromatic rings.